The molecule has 2 aliphatic rings. The third kappa shape index (κ3) is 5.67. The van der Waals surface area contributed by atoms with E-state index in [4.69, 9.17) is 20.9 Å². The summed E-state index contributed by atoms with van der Waals surface area (Å²) in [4.78, 5) is 28.1. The fourth-order valence-corrected chi connectivity index (χ4v) is 4.16. The van der Waals surface area contributed by atoms with Crippen LogP contribution in [0.15, 0.2) is 35.6 Å². The second-order valence-corrected chi connectivity index (χ2v) is 8.01. The lowest BCUT2D eigenvalue weighted by molar-refractivity contribution is 0.122. The van der Waals surface area contributed by atoms with Crippen molar-refractivity contribution in [1.29, 1.82) is 0 Å². The minimum Gasteiger partial charge on any atom is -0.443 e. The number of aliphatic imine (C=N–C) groups is 1. The molecule has 0 aliphatic carbocycles. The van der Waals surface area contributed by atoms with E-state index < -0.39 is 12.1 Å². The van der Waals surface area contributed by atoms with Gasteiger partial charge >= 0.3 is 6.09 Å². The van der Waals surface area contributed by atoms with Crippen molar-refractivity contribution in [3.05, 3.63) is 47.5 Å². The van der Waals surface area contributed by atoms with Crippen LogP contribution in [0.2, 0.25) is 0 Å². The van der Waals surface area contributed by atoms with Crippen molar-refractivity contribution in [2.75, 3.05) is 49.2 Å². The molecule has 0 bridgehead atoms. The first-order chi connectivity index (χ1) is 16.0. The molecule has 4 N–H and O–H groups in total. The van der Waals surface area contributed by atoms with E-state index in [2.05, 4.69) is 24.8 Å². The Balaban J connectivity index is 1.35. The number of hydrogen-bond acceptors (Lipinski definition) is 7. The number of carbonyl (C=O) groups excluding carboxylic acids is 1. The van der Waals surface area contributed by atoms with Crippen LogP contribution in [0.3, 0.4) is 0 Å². The number of morpholine rings is 1. The molecular weight excluding hydrogens is 429 g/mol. The molecule has 0 unspecified atom stereocenters. The predicted molar refractivity (Wildman–Crippen MR) is 122 cm³/mol. The van der Waals surface area contributed by atoms with Crippen LogP contribution in [0.4, 0.5) is 20.8 Å². The number of nitrogens with two attached hydrogens (primary N) is 2. The molecule has 0 spiro atoms. The topological polar surface area (TPSA) is 132 Å². The fraction of sp³-hybridized carbons (Fsp3) is 0.455. The van der Waals surface area contributed by atoms with E-state index in [9.17, 15) is 4.79 Å². The number of benzene rings is 1. The average Bonchev–Trinajstić information content (AvgIpc) is 2.84. The third-order valence-electron chi connectivity index (χ3n) is 5.90. The van der Waals surface area contributed by atoms with Gasteiger partial charge in [0.1, 0.15) is 12.4 Å². The Morgan fingerprint density at radius 2 is 1.82 bits per heavy atom. The van der Waals surface area contributed by atoms with Crippen molar-refractivity contribution in [3.63, 3.8) is 0 Å². The van der Waals surface area contributed by atoms with Gasteiger partial charge in [0.25, 0.3) is 0 Å². The quantitative estimate of drug-likeness (QED) is 0.509. The summed E-state index contributed by atoms with van der Waals surface area (Å²) in [5.41, 5.74) is 12.2. The number of carbonyl (C=O) groups is 1. The van der Waals surface area contributed by atoms with E-state index in [0.29, 0.717) is 24.3 Å². The molecule has 1 amide bonds. The molecule has 176 valence electrons. The summed E-state index contributed by atoms with van der Waals surface area (Å²) < 4.78 is 25.4. The van der Waals surface area contributed by atoms with Crippen LogP contribution >= 0.6 is 0 Å². The summed E-state index contributed by atoms with van der Waals surface area (Å²) in [5.74, 6) is 0.0354. The molecule has 10 nitrogen and oxygen atoms in total. The molecule has 2 aromatic rings. The Hall–Kier alpha value is -3.47. The number of amides is 1. The van der Waals surface area contributed by atoms with E-state index in [1.54, 1.807) is 18.2 Å². The summed E-state index contributed by atoms with van der Waals surface area (Å²) >= 11 is 0. The number of ether oxygens (including phenoxy) is 2. The molecule has 2 aliphatic heterocycles. The molecule has 1 aromatic carbocycles. The van der Waals surface area contributed by atoms with Crippen LogP contribution in [-0.4, -0.2) is 61.4 Å². The van der Waals surface area contributed by atoms with Gasteiger partial charge in [-0.15, -0.1) is 4.99 Å². The fourth-order valence-electron chi connectivity index (χ4n) is 4.16. The van der Waals surface area contributed by atoms with E-state index in [0.717, 1.165) is 50.7 Å². The highest BCUT2D eigenvalue weighted by molar-refractivity contribution is 5.87. The molecule has 1 aromatic heterocycles. The second-order valence-electron chi connectivity index (χ2n) is 8.01. The van der Waals surface area contributed by atoms with Gasteiger partial charge in [-0.05, 0) is 24.3 Å². The molecular formula is C22H28FN7O3. The number of halogens is 1. The number of hydrogen-bond donors (Lipinski definition) is 2. The van der Waals surface area contributed by atoms with Gasteiger partial charge in [0.15, 0.2) is 5.96 Å². The van der Waals surface area contributed by atoms with Crippen molar-refractivity contribution >= 4 is 23.7 Å². The Morgan fingerprint density at radius 3 is 2.48 bits per heavy atom. The van der Waals surface area contributed by atoms with Crippen molar-refractivity contribution in [2.24, 2.45) is 16.5 Å². The van der Waals surface area contributed by atoms with Gasteiger partial charge in [-0.3, -0.25) is 0 Å². The maximum Gasteiger partial charge on any atom is 0.437 e. The van der Waals surface area contributed by atoms with Crippen molar-refractivity contribution in [2.45, 2.75) is 25.4 Å². The first kappa shape index (κ1) is 22.7. The van der Waals surface area contributed by atoms with Gasteiger partial charge < -0.3 is 30.7 Å². The van der Waals surface area contributed by atoms with Crippen LogP contribution in [0.5, 0.6) is 0 Å². The Morgan fingerprint density at radius 1 is 1.12 bits per heavy atom. The largest absolute Gasteiger partial charge is 0.443 e. The standard InChI is InChI=1S/C22H28FN7O3/c23-19-16(14-33-22(31)28-20(24)25)2-1-3-18(19)15-4-6-29(7-5-15)17-12-26-21(27-13-17)30-8-10-32-11-9-30/h1-3,12-13,15H,4-11,14H2,(H4,24,25,28,31). The normalized spacial score (nSPS) is 17.0. The van der Waals surface area contributed by atoms with Gasteiger partial charge in [0, 0.05) is 31.7 Å². The lowest BCUT2D eigenvalue weighted by Crippen LogP contribution is -2.37. The lowest BCUT2D eigenvalue weighted by Gasteiger charge is -2.34. The highest BCUT2D eigenvalue weighted by atomic mass is 19.1. The van der Waals surface area contributed by atoms with Gasteiger partial charge in [-0.1, -0.05) is 18.2 Å². The van der Waals surface area contributed by atoms with E-state index in [1.807, 2.05) is 12.4 Å². The Kier molecular flexibility index (Phi) is 7.18. The van der Waals surface area contributed by atoms with Crippen LogP contribution in [0.25, 0.3) is 0 Å². The number of nitrogens with zero attached hydrogens (tertiary/aromatic N) is 5. The maximum absolute atomic E-state index is 15.1. The minimum absolute atomic E-state index is 0.0724. The number of piperidine rings is 1. The summed E-state index contributed by atoms with van der Waals surface area (Å²) in [7, 11) is 0. The zero-order chi connectivity index (χ0) is 23.2. The first-order valence-electron chi connectivity index (χ1n) is 10.9. The number of guanidine groups is 1. The Labute approximate surface area is 191 Å². The van der Waals surface area contributed by atoms with Crippen molar-refractivity contribution in [3.8, 4) is 0 Å². The molecule has 2 saturated heterocycles. The zero-order valence-electron chi connectivity index (χ0n) is 18.3. The van der Waals surface area contributed by atoms with Crippen LogP contribution in [0.1, 0.15) is 29.9 Å². The monoisotopic (exact) mass is 457 g/mol. The highest BCUT2D eigenvalue weighted by Gasteiger charge is 2.25. The zero-order valence-corrected chi connectivity index (χ0v) is 18.3. The third-order valence-corrected chi connectivity index (χ3v) is 5.90. The molecule has 33 heavy (non-hydrogen) atoms. The second kappa shape index (κ2) is 10.4. The van der Waals surface area contributed by atoms with E-state index in [-0.39, 0.29) is 18.3 Å². The summed E-state index contributed by atoms with van der Waals surface area (Å²) in [6, 6.07) is 5.15. The van der Waals surface area contributed by atoms with Gasteiger partial charge in [0.05, 0.1) is 31.3 Å². The van der Waals surface area contributed by atoms with Crippen LogP contribution in [0, 0.1) is 5.82 Å². The number of aromatic nitrogens is 2. The number of anilines is 2. The smallest absolute Gasteiger partial charge is 0.437 e. The molecule has 0 atom stereocenters. The highest BCUT2D eigenvalue weighted by Crippen LogP contribution is 2.33. The lowest BCUT2D eigenvalue weighted by atomic mass is 9.88. The molecule has 3 heterocycles. The van der Waals surface area contributed by atoms with Crippen molar-refractivity contribution < 1.29 is 18.7 Å². The van der Waals surface area contributed by atoms with Crippen LogP contribution in [-0.2, 0) is 16.1 Å². The van der Waals surface area contributed by atoms with Crippen molar-refractivity contribution in [1.82, 2.24) is 9.97 Å². The summed E-state index contributed by atoms with van der Waals surface area (Å²) in [5, 5.41) is 0. The minimum atomic E-state index is -0.949. The molecule has 0 saturated carbocycles. The van der Waals surface area contributed by atoms with Gasteiger partial charge in [-0.2, -0.15) is 0 Å². The van der Waals surface area contributed by atoms with Crippen LogP contribution < -0.4 is 21.3 Å². The summed E-state index contributed by atoms with van der Waals surface area (Å²) in [6.45, 7) is 4.28. The molecule has 2 fully saturated rings. The van der Waals surface area contributed by atoms with Gasteiger partial charge in [-0.25, -0.2) is 19.2 Å². The molecule has 4 rings (SSSR count). The summed E-state index contributed by atoms with van der Waals surface area (Å²) in [6.07, 6.45) is 4.34. The van der Waals surface area contributed by atoms with E-state index in [1.165, 1.54) is 0 Å². The number of rotatable bonds is 5. The SMILES string of the molecule is NC(N)=NC(=O)OCc1cccc(C2CCN(c3cnc(N4CCOCC4)nc3)CC2)c1F. The average molecular weight is 458 g/mol. The van der Waals surface area contributed by atoms with E-state index >= 15 is 4.39 Å². The van der Waals surface area contributed by atoms with Gasteiger partial charge in [0.2, 0.25) is 5.95 Å². The maximum atomic E-state index is 15.1. The predicted octanol–water partition coefficient (Wildman–Crippen LogP) is 1.75. The molecule has 11 heteroatoms. The first-order valence-corrected chi connectivity index (χ1v) is 10.9. The Bertz CT molecular complexity index is 984. The molecule has 0 radical (unpaired) electrons.